The zero-order chi connectivity index (χ0) is 16.0. The fraction of sp³-hybridized carbons (Fsp3) is 0.611. The third kappa shape index (κ3) is 5.34. The van der Waals surface area contributed by atoms with Crippen molar-refractivity contribution in [1.82, 2.24) is 10.2 Å². The number of nitrogens with zero attached hydrogens (tertiary/aromatic N) is 1. The number of benzene rings is 1. The highest BCUT2D eigenvalue weighted by Crippen LogP contribution is 2.25. The first-order valence-electron chi connectivity index (χ1n) is 8.11. The van der Waals surface area contributed by atoms with Crippen LogP contribution in [0.2, 0.25) is 0 Å². The van der Waals surface area contributed by atoms with E-state index in [0.29, 0.717) is 0 Å². The molecule has 0 aromatic heterocycles. The molecule has 4 heteroatoms. The lowest BCUT2D eigenvalue weighted by Gasteiger charge is -2.26. The van der Waals surface area contributed by atoms with Crippen molar-refractivity contribution in [3.8, 4) is 0 Å². The summed E-state index contributed by atoms with van der Waals surface area (Å²) in [6.45, 7) is 7.48. The largest absolute Gasteiger partial charge is 0.453 e. The molecule has 1 N–H and O–H groups in total. The smallest absolute Gasteiger partial charge is 0.407 e. The van der Waals surface area contributed by atoms with Gasteiger partial charge in [-0.25, -0.2) is 4.79 Å². The number of likely N-dealkylation sites (tertiary alicyclic amines) is 1. The zero-order valence-corrected chi connectivity index (χ0v) is 14.0. The van der Waals surface area contributed by atoms with Gasteiger partial charge in [0.15, 0.2) is 0 Å². The van der Waals surface area contributed by atoms with E-state index in [1.807, 2.05) is 0 Å². The molecular formula is C18H28N2O2. The number of hydrogen-bond acceptors (Lipinski definition) is 3. The molecule has 1 heterocycles. The van der Waals surface area contributed by atoms with Crippen LogP contribution in [0.4, 0.5) is 4.79 Å². The summed E-state index contributed by atoms with van der Waals surface area (Å²) in [5.41, 5.74) is 1.18. The molecule has 0 bridgehead atoms. The minimum absolute atomic E-state index is 0.208. The van der Waals surface area contributed by atoms with Gasteiger partial charge in [-0.3, -0.25) is 4.90 Å². The third-order valence-corrected chi connectivity index (χ3v) is 4.42. The number of carbonyl (C=O) groups excluding carboxylic acids is 1. The second-order valence-corrected chi connectivity index (χ2v) is 6.91. The second kappa shape index (κ2) is 7.63. The van der Waals surface area contributed by atoms with E-state index in [0.717, 1.165) is 31.8 Å². The van der Waals surface area contributed by atoms with Gasteiger partial charge in [-0.15, -0.1) is 0 Å². The molecule has 22 heavy (non-hydrogen) atoms. The highest BCUT2D eigenvalue weighted by molar-refractivity contribution is 5.67. The summed E-state index contributed by atoms with van der Waals surface area (Å²) in [5, 5.41) is 2.91. The molecule has 1 aromatic carbocycles. The lowest BCUT2D eigenvalue weighted by molar-refractivity contribution is 0.156. The van der Waals surface area contributed by atoms with E-state index < -0.39 is 0 Å². The van der Waals surface area contributed by atoms with Gasteiger partial charge in [-0.05, 0) is 51.1 Å². The minimum atomic E-state index is -0.345. The molecule has 1 fully saturated rings. The van der Waals surface area contributed by atoms with Gasteiger partial charge in [0.1, 0.15) is 0 Å². The van der Waals surface area contributed by atoms with E-state index in [9.17, 15) is 4.79 Å². The summed E-state index contributed by atoms with van der Waals surface area (Å²) in [6.07, 6.45) is 3.03. The molecule has 0 radical (unpaired) electrons. The van der Waals surface area contributed by atoms with Crippen LogP contribution in [-0.4, -0.2) is 36.7 Å². The van der Waals surface area contributed by atoms with Crippen molar-refractivity contribution in [2.45, 2.75) is 45.2 Å². The van der Waals surface area contributed by atoms with Crippen LogP contribution in [0.1, 0.15) is 38.7 Å². The Hall–Kier alpha value is -1.55. The third-order valence-electron chi connectivity index (χ3n) is 4.42. The summed E-state index contributed by atoms with van der Waals surface area (Å²) in [7, 11) is 1.41. The van der Waals surface area contributed by atoms with Gasteiger partial charge in [-0.1, -0.05) is 30.3 Å². The first-order valence-corrected chi connectivity index (χ1v) is 8.11. The van der Waals surface area contributed by atoms with Crippen LogP contribution in [0.3, 0.4) is 0 Å². The van der Waals surface area contributed by atoms with E-state index in [-0.39, 0.29) is 11.6 Å². The highest BCUT2D eigenvalue weighted by Gasteiger charge is 2.26. The normalized spacial score (nSPS) is 19.1. The molecule has 1 aliphatic heterocycles. The molecule has 4 nitrogen and oxygen atoms in total. The Bertz CT molecular complexity index is 473. The average molecular weight is 304 g/mol. The van der Waals surface area contributed by atoms with Crippen LogP contribution in [0.5, 0.6) is 0 Å². The summed E-state index contributed by atoms with van der Waals surface area (Å²) in [4.78, 5) is 13.9. The van der Waals surface area contributed by atoms with Crippen molar-refractivity contribution in [2.24, 2.45) is 5.92 Å². The van der Waals surface area contributed by atoms with Crippen molar-refractivity contribution in [1.29, 1.82) is 0 Å². The first-order chi connectivity index (χ1) is 10.5. The summed E-state index contributed by atoms with van der Waals surface area (Å²) in [6, 6.07) is 10.6. The average Bonchev–Trinajstić information content (AvgIpc) is 2.93. The van der Waals surface area contributed by atoms with Crippen LogP contribution >= 0.6 is 0 Å². The maximum absolute atomic E-state index is 11.3. The Morgan fingerprint density at radius 3 is 2.77 bits per heavy atom. The molecule has 1 saturated heterocycles. The van der Waals surface area contributed by atoms with Gasteiger partial charge in [-0.2, -0.15) is 0 Å². The van der Waals surface area contributed by atoms with E-state index in [2.05, 4.69) is 59.1 Å². The fourth-order valence-electron chi connectivity index (χ4n) is 3.09. The van der Waals surface area contributed by atoms with Gasteiger partial charge in [0.25, 0.3) is 0 Å². The number of rotatable bonds is 6. The fourth-order valence-corrected chi connectivity index (χ4v) is 3.09. The predicted octanol–water partition coefficient (Wildman–Crippen LogP) is 3.42. The van der Waals surface area contributed by atoms with Crippen molar-refractivity contribution in [2.75, 3.05) is 20.2 Å². The topological polar surface area (TPSA) is 41.6 Å². The number of alkyl carbamates (subject to hydrolysis) is 1. The van der Waals surface area contributed by atoms with E-state index in [4.69, 9.17) is 0 Å². The number of nitrogens with one attached hydrogen (secondary N) is 1. The molecule has 2 rings (SSSR count). The van der Waals surface area contributed by atoms with Crippen molar-refractivity contribution in [3.63, 3.8) is 0 Å². The molecule has 1 aromatic rings. The lowest BCUT2D eigenvalue weighted by Crippen LogP contribution is -2.43. The van der Waals surface area contributed by atoms with Gasteiger partial charge in [0, 0.05) is 18.6 Å². The SMILES string of the molecule is COC(=O)NC(C)(C)CCC1CCN(Cc2ccccc2)C1. The van der Waals surface area contributed by atoms with E-state index in [1.54, 1.807) is 0 Å². The van der Waals surface area contributed by atoms with Gasteiger partial charge >= 0.3 is 6.09 Å². The molecule has 0 aliphatic carbocycles. The predicted molar refractivity (Wildman–Crippen MR) is 88.7 cm³/mol. The summed E-state index contributed by atoms with van der Waals surface area (Å²) >= 11 is 0. The van der Waals surface area contributed by atoms with Crippen LogP contribution in [-0.2, 0) is 11.3 Å². The number of carbonyl (C=O) groups is 1. The Kier molecular flexibility index (Phi) is 5.83. The van der Waals surface area contributed by atoms with Crippen LogP contribution in [0.25, 0.3) is 0 Å². The number of hydrogen-bond donors (Lipinski definition) is 1. The van der Waals surface area contributed by atoms with Gasteiger partial charge < -0.3 is 10.1 Å². The number of amides is 1. The molecule has 1 amide bonds. The molecule has 1 atom stereocenters. The molecule has 1 unspecified atom stereocenters. The van der Waals surface area contributed by atoms with Crippen LogP contribution in [0, 0.1) is 5.92 Å². The molecule has 0 saturated carbocycles. The van der Waals surface area contributed by atoms with Crippen LogP contribution in [0.15, 0.2) is 30.3 Å². The van der Waals surface area contributed by atoms with Gasteiger partial charge in [0.05, 0.1) is 7.11 Å². The van der Waals surface area contributed by atoms with Gasteiger partial charge in [0.2, 0.25) is 0 Å². The standard InChI is InChI=1S/C18H28N2O2/c1-18(2,19-17(21)22-3)11-9-16-10-12-20(14-16)13-15-7-5-4-6-8-15/h4-8,16H,9-14H2,1-3H3,(H,19,21). The number of ether oxygens (including phenoxy) is 1. The Morgan fingerprint density at radius 1 is 1.36 bits per heavy atom. The molecule has 1 aliphatic rings. The second-order valence-electron chi connectivity index (χ2n) is 6.91. The monoisotopic (exact) mass is 304 g/mol. The Balaban J connectivity index is 1.73. The van der Waals surface area contributed by atoms with E-state index >= 15 is 0 Å². The lowest BCUT2D eigenvalue weighted by atomic mass is 9.92. The van der Waals surface area contributed by atoms with Crippen molar-refractivity contribution < 1.29 is 9.53 Å². The number of methoxy groups -OCH3 is 1. The summed E-state index contributed by atoms with van der Waals surface area (Å²) < 4.78 is 4.68. The first kappa shape index (κ1) is 16.8. The van der Waals surface area contributed by atoms with Crippen molar-refractivity contribution in [3.05, 3.63) is 35.9 Å². The zero-order valence-electron chi connectivity index (χ0n) is 14.0. The highest BCUT2D eigenvalue weighted by atomic mass is 16.5. The maximum Gasteiger partial charge on any atom is 0.407 e. The molecule has 122 valence electrons. The Labute approximate surface area is 133 Å². The van der Waals surface area contributed by atoms with E-state index in [1.165, 1.54) is 25.6 Å². The molecular weight excluding hydrogens is 276 g/mol. The maximum atomic E-state index is 11.3. The van der Waals surface area contributed by atoms with Crippen LogP contribution < -0.4 is 5.32 Å². The van der Waals surface area contributed by atoms with Crippen molar-refractivity contribution >= 4 is 6.09 Å². The quantitative estimate of drug-likeness (QED) is 0.875. The minimum Gasteiger partial charge on any atom is -0.453 e. The Morgan fingerprint density at radius 2 is 2.09 bits per heavy atom. The summed E-state index contributed by atoms with van der Waals surface area (Å²) in [5.74, 6) is 0.724. The molecule has 0 spiro atoms.